The second-order valence-electron chi connectivity index (χ2n) is 5.77. The lowest BCUT2D eigenvalue weighted by Gasteiger charge is -2.39. The third kappa shape index (κ3) is 2.55. The van der Waals surface area contributed by atoms with Gasteiger partial charge in [0.15, 0.2) is 5.79 Å². The fraction of sp³-hybridized carbons (Fsp3) is 0.625. The van der Waals surface area contributed by atoms with E-state index in [1.807, 2.05) is 19.1 Å². The van der Waals surface area contributed by atoms with E-state index in [1.54, 1.807) is 0 Å². The number of ether oxygens (including phenoxy) is 3. The van der Waals surface area contributed by atoms with Gasteiger partial charge in [-0.1, -0.05) is 12.1 Å². The van der Waals surface area contributed by atoms with E-state index in [2.05, 4.69) is 13.0 Å². The molecule has 4 nitrogen and oxygen atoms in total. The molecule has 1 saturated carbocycles. The molecule has 2 fully saturated rings. The molecule has 0 radical (unpaired) electrons. The van der Waals surface area contributed by atoms with Crippen LogP contribution in [0.3, 0.4) is 0 Å². The van der Waals surface area contributed by atoms with Crippen molar-refractivity contribution in [1.29, 1.82) is 0 Å². The highest BCUT2D eigenvalue weighted by Gasteiger charge is 2.45. The SMILES string of the molecule is Cc1cccc(OC2CC3(CCC2O)OCCO3)c1C. The van der Waals surface area contributed by atoms with Gasteiger partial charge in [-0.25, -0.2) is 0 Å². The van der Waals surface area contributed by atoms with E-state index in [9.17, 15) is 5.11 Å². The summed E-state index contributed by atoms with van der Waals surface area (Å²) < 4.78 is 17.5. The summed E-state index contributed by atoms with van der Waals surface area (Å²) in [5.74, 6) is 0.297. The first-order chi connectivity index (χ1) is 9.60. The molecule has 1 heterocycles. The van der Waals surface area contributed by atoms with Crippen LogP contribution in [0.2, 0.25) is 0 Å². The Morgan fingerprint density at radius 3 is 2.75 bits per heavy atom. The lowest BCUT2D eigenvalue weighted by atomic mass is 9.89. The zero-order chi connectivity index (χ0) is 14.2. The molecular weight excluding hydrogens is 256 g/mol. The van der Waals surface area contributed by atoms with Crippen molar-refractivity contribution in [2.45, 2.75) is 51.1 Å². The number of hydrogen-bond donors (Lipinski definition) is 1. The summed E-state index contributed by atoms with van der Waals surface area (Å²) in [7, 11) is 0. The summed E-state index contributed by atoms with van der Waals surface area (Å²) >= 11 is 0. The van der Waals surface area contributed by atoms with Crippen LogP contribution in [0.5, 0.6) is 5.75 Å². The van der Waals surface area contributed by atoms with E-state index >= 15 is 0 Å². The largest absolute Gasteiger partial charge is 0.487 e. The van der Waals surface area contributed by atoms with Crippen molar-refractivity contribution in [2.75, 3.05) is 13.2 Å². The highest BCUT2D eigenvalue weighted by molar-refractivity contribution is 5.38. The fourth-order valence-electron chi connectivity index (χ4n) is 2.99. The average Bonchev–Trinajstić information content (AvgIpc) is 2.88. The van der Waals surface area contributed by atoms with Gasteiger partial charge in [-0.3, -0.25) is 0 Å². The topological polar surface area (TPSA) is 47.9 Å². The van der Waals surface area contributed by atoms with Gasteiger partial charge in [-0.2, -0.15) is 0 Å². The average molecular weight is 278 g/mol. The van der Waals surface area contributed by atoms with Crippen LogP contribution < -0.4 is 4.74 Å². The van der Waals surface area contributed by atoms with Crippen molar-refractivity contribution >= 4 is 0 Å². The molecular formula is C16H22O4. The quantitative estimate of drug-likeness (QED) is 0.902. The third-order valence-corrected chi connectivity index (χ3v) is 4.41. The Morgan fingerprint density at radius 2 is 2.00 bits per heavy atom. The Balaban J connectivity index is 1.76. The normalized spacial score (nSPS) is 28.8. The number of rotatable bonds is 2. The lowest BCUT2D eigenvalue weighted by Crippen LogP contribution is -2.47. The predicted octanol–water partition coefficient (Wildman–Crippen LogP) is 2.34. The molecule has 4 heteroatoms. The monoisotopic (exact) mass is 278 g/mol. The minimum absolute atomic E-state index is 0.276. The Labute approximate surface area is 119 Å². The summed E-state index contributed by atoms with van der Waals surface area (Å²) in [6.45, 7) is 5.36. The molecule has 1 saturated heterocycles. The van der Waals surface area contributed by atoms with Crippen molar-refractivity contribution in [1.82, 2.24) is 0 Å². The highest BCUT2D eigenvalue weighted by atomic mass is 16.7. The third-order valence-electron chi connectivity index (χ3n) is 4.41. The van der Waals surface area contributed by atoms with E-state index in [0.717, 1.165) is 17.7 Å². The van der Waals surface area contributed by atoms with Crippen molar-refractivity contribution in [3.63, 3.8) is 0 Å². The molecule has 1 aromatic rings. The van der Waals surface area contributed by atoms with E-state index in [0.29, 0.717) is 26.1 Å². The highest BCUT2D eigenvalue weighted by Crippen LogP contribution is 2.38. The van der Waals surface area contributed by atoms with Crippen LogP contribution in [-0.4, -0.2) is 36.3 Å². The first kappa shape index (κ1) is 13.9. The number of aliphatic hydroxyl groups excluding tert-OH is 1. The Morgan fingerprint density at radius 1 is 1.25 bits per heavy atom. The van der Waals surface area contributed by atoms with Crippen LogP contribution in [0.15, 0.2) is 18.2 Å². The Hall–Kier alpha value is -1.10. The van der Waals surface area contributed by atoms with E-state index in [-0.39, 0.29) is 6.10 Å². The number of aryl methyl sites for hydroxylation is 1. The van der Waals surface area contributed by atoms with E-state index in [4.69, 9.17) is 14.2 Å². The molecule has 2 atom stereocenters. The summed E-state index contributed by atoms with van der Waals surface area (Å²) in [5.41, 5.74) is 2.31. The van der Waals surface area contributed by atoms with Crippen molar-refractivity contribution in [3.8, 4) is 5.75 Å². The van der Waals surface area contributed by atoms with Gasteiger partial charge < -0.3 is 19.3 Å². The molecule has 0 bridgehead atoms. The molecule has 2 aliphatic rings. The molecule has 1 N–H and O–H groups in total. The zero-order valence-corrected chi connectivity index (χ0v) is 12.1. The maximum atomic E-state index is 10.2. The number of aliphatic hydroxyl groups is 1. The van der Waals surface area contributed by atoms with Gasteiger partial charge in [0.2, 0.25) is 0 Å². The fourth-order valence-corrected chi connectivity index (χ4v) is 2.99. The Kier molecular flexibility index (Phi) is 3.71. The Bertz CT molecular complexity index is 479. The van der Waals surface area contributed by atoms with E-state index < -0.39 is 11.9 Å². The van der Waals surface area contributed by atoms with Crippen molar-refractivity contribution in [2.24, 2.45) is 0 Å². The molecule has 0 aromatic heterocycles. The molecule has 20 heavy (non-hydrogen) atoms. The molecule has 0 amide bonds. The summed E-state index contributed by atoms with van der Waals surface area (Å²) in [6.07, 6.45) is 1.23. The maximum Gasteiger partial charge on any atom is 0.172 e. The van der Waals surface area contributed by atoms with Crippen LogP contribution in [-0.2, 0) is 9.47 Å². The minimum Gasteiger partial charge on any atom is -0.487 e. The van der Waals surface area contributed by atoms with Gasteiger partial charge in [0.05, 0.1) is 19.3 Å². The zero-order valence-electron chi connectivity index (χ0n) is 12.1. The second kappa shape index (κ2) is 5.35. The smallest absolute Gasteiger partial charge is 0.172 e. The molecule has 1 aromatic carbocycles. The molecule has 1 aliphatic carbocycles. The lowest BCUT2D eigenvalue weighted by molar-refractivity contribution is -0.209. The van der Waals surface area contributed by atoms with Gasteiger partial charge in [-0.15, -0.1) is 0 Å². The number of hydrogen-bond acceptors (Lipinski definition) is 4. The van der Waals surface area contributed by atoms with Crippen LogP contribution >= 0.6 is 0 Å². The maximum absolute atomic E-state index is 10.2. The first-order valence-electron chi connectivity index (χ1n) is 7.28. The van der Waals surface area contributed by atoms with Gasteiger partial charge in [0, 0.05) is 12.8 Å². The van der Waals surface area contributed by atoms with Gasteiger partial charge >= 0.3 is 0 Å². The molecule has 1 aliphatic heterocycles. The van der Waals surface area contributed by atoms with Crippen molar-refractivity contribution < 1.29 is 19.3 Å². The second-order valence-corrected chi connectivity index (χ2v) is 5.77. The van der Waals surface area contributed by atoms with Crippen LogP contribution in [0, 0.1) is 13.8 Å². The van der Waals surface area contributed by atoms with Crippen LogP contribution in [0.4, 0.5) is 0 Å². The summed E-state index contributed by atoms with van der Waals surface area (Å²) in [5, 5.41) is 10.2. The van der Waals surface area contributed by atoms with Crippen LogP contribution in [0.1, 0.15) is 30.4 Å². The summed E-state index contributed by atoms with van der Waals surface area (Å²) in [6, 6.07) is 5.99. The summed E-state index contributed by atoms with van der Waals surface area (Å²) in [4.78, 5) is 0. The van der Waals surface area contributed by atoms with Crippen LogP contribution in [0.25, 0.3) is 0 Å². The molecule has 3 rings (SSSR count). The predicted molar refractivity (Wildman–Crippen MR) is 74.8 cm³/mol. The standard InChI is InChI=1S/C16H22O4/c1-11-4-3-5-14(12(11)2)20-15-10-16(7-6-13(15)17)18-8-9-19-16/h3-5,13,15,17H,6-10H2,1-2H3. The van der Waals surface area contributed by atoms with E-state index in [1.165, 1.54) is 5.56 Å². The number of benzene rings is 1. The van der Waals surface area contributed by atoms with Gasteiger partial charge in [0.25, 0.3) is 0 Å². The van der Waals surface area contributed by atoms with Gasteiger partial charge in [-0.05, 0) is 37.5 Å². The van der Waals surface area contributed by atoms with Crippen molar-refractivity contribution in [3.05, 3.63) is 29.3 Å². The minimum atomic E-state index is -0.540. The van der Waals surface area contributed by atoms with Gasteiger partial charge in [0.1, 0.15) is 11.9 Å². The first-order valence-corrected chi connectivity index (χ1v) is 7.28. The molecule has 1 spiro atoms. The molecule has 110 valence electrons. The molecule has 2 unspecified atom stereocenters.